The fourth-order valence-electron chi connectivity index (χ4n) is 3.52. The monoisotopic (exact) mass is 463 g/mol. The van der Waals surface area contributed by atoms with E-state index in [1.807, 2.05) is 0 Å². The van der Waals surface area contributed by atoms with Crippen LogP contribution in [0, 0.1) is 0 Å². The first-order valence-electron chi connectivity index (χ1n) is 10.5. The van der Waals surface area contributed by atoms with Crippen molar-refractivity contribution in [2.75, 3.05) is 27.2 Å². The molecule has 0 radical (unpaired) electrons. The molecule has 0 unspecified atom stereocenters. The zero-order valence-corrected chi connectivity index (χ0v) is 19.7. The molecule has 0 saturated heterocycles. The van der Waals surface area contributed by atoms with Crippen LogP contribution in [-0.4, -0.2) is 32.1 Å². The van der Waals surface area contributed by atoms with Gasteiger partial charge in [-0.05, 0) is 79.0 Å². The van der Waals surface area contributed by atoms with Crippen molar-refractivity contribution in [2.45, 2.75) is 19.8 Å². The maximum Gasteiger partial charge on any atom is 0.119 e. The van der Waals surface area contributed by atoms with E-state index in [-0.39, 0.29) is 0 Å². The highest BCUT2D eigenvalue weighted by Gasteiger charge is 2.12. The highest BCUT2D eigenvalue weighted by Crippen LogP contribution is 2.33. The van der Waals surface area contributed by atoms with Gasteiger partial charge in [0.25, 0.3) is 0 Å². The minimum atomic E-state index is 0.693. The molecule has 0 fully saturated rings. The van der Waals surface area contributed by atoms with Crippen molar-refractivity contribution >= 4 is 27.1 Å². The molecule has 0 aliphatic carbocycles. The molecule has 0 bridgehead atoms. The van der Waals surface area contributed by atoms with E-state index in [9.17, 15) is 0 Å². The first-order valence-corrected chi connectivity index (χ1v) is 11.3. The Balaban J connectivity index is 1.94. The first kappa shape index (κ1) is 22.3. The Kier molecular flexibility index (Phi) is 8.30. The van der Waals surface area contributed by atoms with Gasteiger partial charge in [0.1, 0.15) is 12.4 Å². The van der Waals surface area contributed by atoms with Gasteiger partial charge in [-0.2, -0.15) is 0 Å². The van der Waals surface area contributed by atoms with Crippen LogP contribution < -0.4 is 4.74 Å². The summed E-state index contributed by atoms with van der Waals surface area (Å²) in [4.78, 5) is 2.13. The van der Waals surface area contributed by atoms with Crippen molar-refractivity contribution in [3.63, 3.8) is 0 Å². The van der Waals surface area contributed by atoms with E-state index in [0.717, 1.165) is 29.6 Å². The normalized spacial score (nSPS) is 12.0. The van der Waals surface area contributed by atoms with Crippen LogP contribution >= 0.6 is 15.9 Å². The smallest absolute Gasteiger partial charge is 0.119 e. The number of allylic oxidation sites excluding steroid dienone is 2. The van der Waals surface area contributed by atoms with Gasteiger partial charge >= 0.3 is 0 Å². The lowest BCUT2D eigenvalue weighted by Crippen LogP contribution is -2.19. The summed E-state index contributed by atoms with van der Waals surface area (Å²) in [5.41, 5.74) is 6.60. The van der Waals surface area contributed by atoms with Gasteiger partial charge in [-0.25, -0.2) is 0 Å². The van der Waals surface area contributed by atoms with Crippen molar-refractivity contribution in [3.8, 4) is 5.75 Å². The van der Waals surface area contributed by atoms with E-state index in [1.165, 1.54) is 27.8 Å². The topological polar surface area (TPSA) is 12.5 Å². The Hall–Kier alpha value is -2.36. The number of rotatable bonds is 9. The molecular formula is C27H30BrNO. The molecule has 0 atom stereocenters. The second-order valence-electron chi connectivity index (χ2n) is 7.66. The number of ether oxygens (including phenoxy) is 1. The van der Waals surface area contributed by atoms with E-state index in [4.69, 9.17) is 4.74 Å². The minimum absolute atomic E-state index is 0.693. The molecule has 0 aromatic heterocycles. The summed E-state index contributed by atoms with van der Waals surface area (Å²) in [6, 6.07) is 27.9. The van der Waals surface area contributed by atoms with Crippen LogP contribution in [-0.2, 0) is 6.42 Å². The van der Waals surface area contributed by atoms with E-state index in [1.54, 1.807) is 0 Å². The molecule has 2 nitrogen and oxygen atoms in total. The van der Waals surface area contributed by atoms with E-state index >= 15 is 0 Å². The molecule has 0 aliphatic rings. The lowest BCUT2D eigenvalue weighted by atomic mass is 9.89. The second-order valence-corrected chi connectivity index (χ2v) is 8.57. The van der Waals surface area contributed by atoms with E-state index < -0.39 is 0 Å². The van der Waals surface area contributed by atoms with Crippen molar-refractivity contribution in [1.29, 1.82) is 0 Å². The van der Waals surface area contributed by atoms with E-state index in [2.05, 4.69) is 121 Å². The molecule has 0 N–H and O–H groups in total. The molecule has 0 heterocycles. The average Bonchev–Trinajstić information content (AvgIpc) is 2.76. The fraction of sp³-hybridized carbons (Fsp3) is 0.259. The van der Waals surface area contributed by atoms with Crippen LogP contribution in [0.4, 0.5) is 0 Å². The maximum absolute atomic E-state index is 5.89. The van der Waals surface area contributed by atoms with E-state index in [0.29, 0.717) is 6.61 Å². The SMILES string of the molecule is CC/C(=C(\Cc1ccc(Br)cc1)c1ccc(OCCN(C)C)cc1)c1ccccc1. The average molecular weight is 464 g/mol. The molecule has 0 aliphatic heterocycles. The molecule has 0 saturated carbocycles. The lowest BCUT2D eigenvalue weighted by Gasteiger charge is -2.17. The molecule has 156 valence electrons. The van der Waals surface area contributed by atoms with Crippen molar-refractivity contribution in [1.82, 2.24) is 4.90 Å². The summed E-state index contributed by atoms with van der Waals surface area (Å²) in [5.74, 6) is 0.918. The van der Waals surface area contributed by atoms with Crippen LogP contribution in [0.3, 0.4) is 0 Å². The highest BCUT2D eigenvalue weighted by molar-refractivity contribution is 9.10. The quantitative estimate of drug-likeness (QED) is 0.318. The lowest BCUT2D eigenvalue weighted by molar-refractivity contribution is 0.261. The number of nitrogens with zero attached hydrogens (tertiary/aromatic N) is 1. The molecule has 3 aromatic carbocycles. The Morgan fingerprint density at radius 2 is 1.43 bits per heavy atom. The van der Waals surface area contributed by atoms with Gasteiger partial charge in [-0.15, -0.1) is 0 Å². The summed E-state index contributed by atoms with van der Waals surface area (Å²) < 4.78 is 7.00. The van der Waals surface area contributed by atoms with Crippen LogP contribution in [0.5, 0.6) is 5.75 Å². The highest BCUT2D eigenvalue weighted by atomic mass is 79.9. The molecule has 3 aromatic rings. The summed E-state index contributed by atoms with van der Waals surface area (Å²) >= 11 is 3.54. The zero-order chi connectivity index (χ0) is 21.3. The van der Waals surface area contributed by atoms with Crippen molar-refractivity contribution in [2.24, 2.45) is 0 Å². The Labute approximate surface area is 189 Å². The van der Waals surface area contributed by atoms with Crippen LogP contribution in [0.25, 0.3) is 11.1 Å². The van der Waals surface area contributed by atoms with Gasteiger partial charge in [-0.3, -0.25) is 0 Å². The Bertz CT molecular complexity index is 944. The third-order valence-electron chi connectivity index (χ3n) is 5.14. The number of halogens is 1. The fourth-order valence-corrected chi connectivity index (χ4v) is 3.78. The maximum atomic E-state index is 5.89. The largest absolute Gasteiger partial charge is 0.492 e. The molecule has 0 amide bonds. The van der Waals surface area contributed by atoms with Crippen LogP contribution in [0.1, 0.15) is 30.0 Å². The van der Waals surface area contributed by atoms with Gasteiger partial charge in [-0.1, -0.05) is 77.5 Å². The molecule has 3 heteroatoms. The first-order chi connectivity index (χ1) is 14.6. The predicted octanol–water partition coefficient (Wildman–Crippen LogP) is 6.95. The van der Waals surface area contributed by atoms with Gasteiger partial charge in [0.05, 0.1) is 0 Å². The van der Waals surface area contributed by atoms with Crippen molar-refractivity contribution in [3.05, 3.63) is 100 Å². The van der Waals surface area contributed by atoms with Gasteiger partial charge in [0.15, 0.2) is 0 Å². The number of benzene rings is 3. The van der Waals surface area contributed by atoms with Crippen molar-refractivity contribution < 1.29 is 4.74 Å². The standard InChI is InChI=1S/C27H30BrNO/c1-4-26(22-8-6-5-7-9-22)27(20-21-10-14-24(28)15-11-21)23-12-16-25(17-13-23)30-19-18-29(2)3/h5-17H,4,18-20H2,1-3H3/b27-26-. The van der Waals surface area contributed by atoms with Crippen LogP contribution in [0.2, 0.25) is 0 Å². The third kappa shape index (κ3) is 6.32. The molecule has 0 spiro atoms. The zero-order valence-electron chi connectivity index (χ0n) is 18.1. The van der Waals surface area contributed by atoms with Gasteiger partial charge in [0.2, 0.25) is 0 Å². The predicted molar refractivity (Wildman–Crippen MR) is 132 cm³/mol. The Morgan fingerprint density at radius 3 is 2.03 bits per heavy atom. The molecule has 3 rings (SSSR count). The second kappa shape index (κ2) is 11.1. The number of likely N-dealkylation sites (N-methyl/N-ethyl adjacent to an activating group) is 1. The Morgan fingerprint density at radius 1 is 0.800 bits per heavy atom. The summed E-state index contributed by atoms with van der Waals surface area (Å²) in [6.07, 6.45) is 1.88. The van der Waals surface area contributed by atoms with Gasteiger partial charge in [0, 0.05) is 11.0 Å². The number of hydrogen-bond donors (Lipinski definition) is 0. The summed E-state index contributed by atoms with van der Waals surface area (Å²) in [5, 5.41) is 0. The van der Waals surface area contributed by atoms with Crippen LogP contribution in [0.15, 0.2) is 83.3 Å². The van der Waals surface area contributed by atoms with Gasteiger partial charge < -0.3 is 9.64 Å². The summed E-state index contributed by atoms with van der Waals surface area (Å²) in [7, 11) is 4.11. The third-order valence-corrected chi connectivity index (χ3v) is 5.67. The molecule has 30 heavy (non-hydrogen) atoms. The summed E-state index contributed by atoms with van der Waals surface area (Å²) in [6.45, 7) is 3.84. The minimum Gasteiger partial charge on any atom is -0.492 e. The number of hydrogen-bond acceptors (Lipinski definition) is 2. The molecular weight excluding hydrogens is 434 g/mol.